The summed E-state index contributed by atoms with van der Waals surface area (Å²) in [7, 11) is 4.90. The number of rotatable bonds is 6. The summed E-state index contributed by atoms with van der Waals surface area (Å²) < 4.78 is 23.9. The standard InChI is InChI=1S/C32H41N3O6/c1-20-14-27(38-6)24(22-10-12-35(28(20)22)30(37)41-31(2,3)4)17-34-13-11-32(18-40-19-32)16-26(34)21-8-9-23(29(36)39-7)25(15-21)33-5/h8-10,12,14-15,26,33H,11,13,16-19H2,1-7H3/t26-/m0/s1. The van der Waals surface area contributed by atoms with Crippen LogP contribution in [0.4, 0.5) is 10.5 Å². The molecule has 9 nitrogen and oxygen atoms in total. The van der Waals surface area contributed by atoms with Gasteiger partial charge in [-0.05, 0) is 82.5 Å². The van der Waals surface area contributed by atoms with Crippen molar-refractivity contribution in [1.82, 2.24) is 9.47 Å². The molecule has 1 aromatic heterocycles. The molecule has 1 atom stereocenters. The van der Waals surface area contributed by atoms with Gasteiger partial charge in [-0.3, -0.25) is 9.47 Å². The minimum atomic E-state index is -0.602. The molecular formula is C32H41N3O6. The number of aromatic nitrogens is 1. The molecule has 0 radical (unpaired) electrons. The molecule has 1 N–H and O–H groups in total. The number of methoxy groups -OCH3 is 2. The third kappa shape index (κ3) is 5.53. The van der Waals surface area contributed by atoms with E-state index in [0.717, 1.165) is 71.6 Å². The Morgan fingerprint density at radius 2 is 1.90 bits per heavy atom. The van der Waals surface area contributed by atoms with E-state index in [2.05, 4.69) is 16.3 Å². The normalized spacial score (nSPS) is 18.7. The van der Waals surface area contributed by atoms with Gasteiger partial charge in [-0.2, -0.15) is 0 Å². The first-order valence-corrected chi connectivity index (χ1v) is 14.1. The molecule has 5 rings (SSSR count). The van der Waals surface area contributed by atoms with E-state index in [9.17, 15) is 9.59 Å². The molecule has 41 heavy (non-hydrogen) atoms. The molecule has 1 spiro atoms. The van der Waals surface area contributed by atoms with E-state index in [0.29, 0.717) is 12.1 Å². The highest BCUT2D eigenvalue weighted by atomic mass is 16.6. The van der Waals surface area contributed by atoms with E-state index in [1.54, 1.807) is 17.9 Å². The molecule has 2 aliphatic heterocycles. The fourth-order valence-electron chi connectivity index (χ4n) is 6.19. The third-order valence-corrected chi connectivity index (χ3v) is 8.32. The molecule has 2 aliphatic rings. The van der Waals surface area contributed by atoms with Crippen molar-refractivity contribution in [3.63, 3.8) is 0 Å². The van der Waals surface area contributed by atoms with Crippen LogP contribution in [0.3, 0.4) is 0 Å². The summed E-state index contributed by atoms with van der Waals surface area (Å²) in [6, 6.07) is 10.0. The Kier molecular flexibility index (Phi) is 7.78. The molecule has 0 bridgehead atoms. The minimum Gasteiger partial charge on any atom is -0.496 e. The van der Waals surface area contributed by atoms with Crippen molar-refractivity contribution < 1.29 is 28.5 Å². The van der Waals surface area contributed by atoms with Gasteiger partial charge in [0.2, 0.25) is 0 Å². The number of carbonyl (C=O) groups excluding carboxylic acids is 2. The van der Waals surface area contributed by atoms with E-state index in [-0.39, 0.29) is 17.4 Å². The lowest BCUT2D eigenvalue weighted by Gasteiger charge is -2.51. The molecule has 2 aromatic carbocycles. The highest BCUT2D eigenvalue weighted by molar-refractivity contribution is 5.96. The molecule has 0 saturated carbocycles. The summed E-state index contributed by atoms with van der Waals surface area (Å²) in [6.45, 7) is 10.6. The van der Waals surface area contributed by atoms with Gasteiger partial charge in [0.05, 0.1) is 38.5 Å². The molecule has 3 aromatic rings. The van der Waals surface area contributed by atoms with Crippen LogP contribution >= 0.6 is 0 Å². The molecule has 0 amide bonds. The first kappa shape index (κ1) is 29.0. The lowest BCUT2D eigenvalue weighted by Crippen LogP contribution is -2.51. The smallest absolute Gasteiger partial charge is 0.419 e. The van der Waals surface area contributed by atoms with Gasteiger partial charge < -0.3 is 24.3 Å². The van der Waals surface area contributed by atoms with Crippen molar-refractivity contribution in [3.8, 4) is 5.75 Å². The first-order chi connectivity index (χ1) is 19.5. The van der Waals surface area contributed by atoms with Crippen LogP contribution in [0, 0.1) is 12.3 Å². The predicted molar refractivity (Wildman–Crippen MR) is 158 cm³/mol. The predicted octanol–water partition coefficient (Wildman–Crippen LogP) is 5.92. The van der Waals surface area contributed by atoms with Crippen LogP contribution in [-0.4, -0.2) is 68.2 Å². The second-order valence-electron chi connectivity index (χ2n) is 12.3. The van der Waals surface area contributed by atoms with Gasteiger partial charge in [-0.1, -0.05) is 6.07 Å². The zero-order valence-corrected chi connectivity index (χ0v) is 25.1. The molecule has 0 aliphatic carbocycles. The number of anilines is 1. The van der Waals surface area contributed by atoms with Gasteiger partial charge in [0.1, 0.15) is 11.4 Å². The zero-order valence-electron chi connectivity index (χ0n) is 25.1. The fourth-order valence-corrected chi connectivity index (χ4v) is 6.19. The summed E-state index contributed by atoms with van der Waals surface area (Å²) in [5, 5.41) is 4.14. The summed E-state index contributed by atoms with van der Waals surface area (Å²) in [4.78, 5) is 27.9. The summed E-state index contributed by atoms with van der Waals surface area (Å²) >= 11 is 0. The Hall–Kier alpha value is -3.56. The molecular weight excluding hydrogens is 522 g/mol. The molecule has 220 valence electrons. The number of benzene rings is 2. The SMILES string of the molecule is CNc1cc([C@@H]2CC3(CCN2Cc2c(OC)cc(C)c4c2ccn4C(=O)OC(C)(C)C)COC3)ccc1C(=O)OC. The Bertz CT molecular complexity index is 1470. The summed E-state index contributed by atoms with van der Waals surface area (Å²) in [5.74, 6) is 0.423. The monoisotopic (exact) mass is 563 g/mol. The molecule has 9 heteroatoms. The number of esters is 1. The van der Waals surface area contributed by atoms with Gasteiger partial charge in [-0.15, -0.1) is 0 Å². The summed E-state index contributed by atoms with van der Waals surface area (Å²) in [5.41, 5.74) is 4.73. The Labute approximate surface area is 241 Å². The largest absolute Gasteiger partial charge is 0.496 e. The van der Waals surface area contributed by atoms with Crippen LogP contribution in [0.1, 0.15) is 66.7 Å². The number of likely N-dealkylation sites (tertiary alicyclic amines) is 1. The van der Waals surface area contributed by atoms with Crippen molar-refractivity contribution in [2.75, 3.05) is 46.3 Å². The second-order valence-corrected chi connectivity index (χ2v) is 12.3. The Morgan fingerprint density at radius 1 is 1.15 bits per heavy atom. The van der Waals surface area contributed by atoms with E-state index in [4.69, 9.17) is 18.9 Å². The van der Waals surface area contributed by atoms with Gasteiger partial charge in [0, 0.05) is 47.9 Å². The lowest BCUT2D eigenvalue weighted by molar-refractivity contribution is -0.153. The number of aryl methyl sites for hydroxylation is 1. The first-order valence-electron chi connectivity index (χ1n) is 14.1. The Balaban J connectivity index is 1.55. The van der Waals surface area contributed by atoms with Crippen LogP contribution < -0.4 is 10.1 Å². The molecule has 3 heterocycles. The Morgan fingerprint density at radius 3 is 2.51 bits per heavy atom. The van der Waals surface area contributed by atoms with Gasteiger partial charge >= 0.3 is 12.1 Å². The minimum absolute atomic E-state index is 0.0976. The number of ether oxygens (including phenoxy) is 4. The van der Waals surface area contributed by atoms with E-state index in [1.165, 1.54) is 7.11 Å². The van der Waals surface area contributed by atoms with Crippen LogP contribution in [0.15, 0.2) is 36.5 Å². The lowest BCUT2D eigenvalue weighted by atomic mass is 9.72. The number of fused-ring (bicyclic) bond motifs is 1. The maximum atomic E-state index is 13.1. The van der Waals surface area contributed by atoms with Crippen molar-refractivity contribution in [2.45, 2.75) is 58.7 Å². The number of piperidine rings is 1. The van der Waals surface area contributed by atoms with Crippen LogP contribution in [0.25, 0.3) is 10.9 Å². The molecule has 2 saturated heterocycles. The topological polar surface area (TPSA) is 91.3 Å². The van der Waals surface area contributed by atoms with Gasteiger partial charge in [0.25, 0.3) is 0 Å². The zero-order chi connectivity index (χ0) is 29.5. The van der Waals surface area contributed by atoms with Gasteiger partial charge in [0.15, 0.2) is 0 Å². The molecule has 2 fully saturated rings. The van der Waals surface area contributed by atoms with Crippen LogP contribution in [-0.2, 0) is 20.8 Å². The maximum Gasteiger partial charge on any atom is 0.419 e. The number of nitrogens with one attached hydrogen (secondary N) is 1. The quantitative estimate of drug-likeness (QED) is 0.370. The van der Waals surface area contributed by atoms with Crippen molar-refractivity contribution in [2.24, 2.45) is 5.41 Å². The molecule has 0 unspecified atom stereocenters. The van der Waals surface area contributed by atoms with Crippen molar-refractivity contribution >= 4 is 28.7 Å². The highest BCUT2D eigenvalue weighted by Crippen LogP contribution is 2.48. The fraction of sp³-hybridized carbons (Fsp3) is 0.500. The van der Waals surface area contributed by atoms with Crippen LogP contribution in [0.5, 0.6) is 5.75 Å². The van der Waals surface area contributed by atoms with E-state index >= 15 is 0 Å². The number of hydrogen-bond acceptors (Lipinski definition) is 8. The van der Waals surface area contributed by atoms with Crippen molar-refractivity contribution in [3.05, 3.63) is 58.8 Å². The number of hydrogen-bond donors (Lipinski definition) is 1. The van der Waals surface area contributed by atoms with E-state index in [1.807, 2.05) is 59.0 Å². The average Bonchev–Trinajstić information content (AvgIpc) is 3.38. The second kappa shape index (κ2) is 11.0. The average molecular weight is 564 g/mol. The van der Waals surface area contributed by atoms with Crippen LogP contribution in [0.2, 0.25) is 0 Å². The summed E-state index contributed by atoms with van der Waals surface area (Å²) in [6.07, 6.45) is 3.37. The number of carbonyl (C=O) groups is 2. The third-order valence-electron chi connectivity index (χ3n) is 8.32. The number of nitrogens with zero attached hydrogens (tertiary/aromatic N) is 2. The maximum absolute atomic E-state index is 13.1. The van der Waals surface area contributed by atoms with Gasteiger partial charge in [-0.25, -0.2) is 9.59 Å². The van der Waals surface area contributed by atoms with E-state index < -0.39 is 11.7 Å². The van der Waals surface area contributed by atoms with Crippen molar-refractivity contribution in [1.29, 1.82) is 0 Å². The highest BCUT2D eigenvalue weighted by Gasteiger charge is 2.46.